The average molecular weight is 491 g/mol. The van der Waals surface area contributed by atoms with Gasteiger partial charge in [0.15, 0.2) is 0 Å². The zero-order chi connectivity index (χ0) is 24.4. The first-order valence-electron chi connectivity index (χ1n) is 10.9. The maximum Gasteiger partial charge on any atom is 0.263 e. The number of nitrogens with two attached hydrogens (primary N) is 1. The second-order valence-electron chi connectivity index (χ2n) is 7.92. The summed E-state index contributed by atoms with van der Waals surface area (Å²) < 4.78 is 14.8. The van der Waals surface area contributed by atoms with Crippen molar-refractivity contribution in [3.8, 4) is 11.8 Å². The zero-order valence-electron chi connectivity index (χ0n) is 18.4. The van der Waals surface area contributed by atoms with Gasteiger partial charge in [-0.1, -0.05) is 23.6 Å². The lowest BCUT2D eigenvalue weighted by atomic mass is 10.1. The molecule has 11 heteroatoms. The molecule has 0 aliphatic carbocycles. The molecule has 5 rings (SSSR count). The van der Waals surface area contributed by atoms with Crippen molar-refractivity contribution in [3.63, 3.8) is 0 Å². The molecule has 9 nitrogen and oxygen atoms in total. The summed E-state index contributed by atoms with van der Waals surface area (Å²) in [6.07, 6.45) is 2.88. The van der Waals surface area contributed by atoms with Crippen LogP contribution in [0.4, 0.5) is 16.0 Å². The SMILES string of the molecule is Nc1ncnc(NCCc2nc3cccc(Cl)c3c(=O)n2C2CNC2)c1C#Cc1ccc(F)cn1. The van der Waals surface area contributed by atoms with Crippen molar-refractivity contribution >= 4 is 34.1 Å². The van der Waals surface area contributed by atoms with Gasteiger partial charge in [0, 0.05) is 26.1 Å². The van der Waals surface area contributed by atoms with E-state index in [0.717, 1.165) is 6.20 Å². The fraction of sp³-hybridized carbons (Fsp3) is 0.208. The van der Waals surface area contributed by atoms with E-state index in [1.165, 1.54) is 18.5 Å². The Kier molecular flexibility index (Phi) is 6.27. The molecule has 4 N–H and O–H groups in total. The Morgan fingerprint density at radius 1 is 1.20 bits per heavy atom. The summed E-state index contributed by atoms with van der Waals surface area (Å²) in [5.74, 6) is 6.60. The number of hydrogen-bond acceptors (Lipinski definition) is 8. The van der Waals surface area contributed by atoms with Crippen molar-refractivity contribution < 1.29 is 4.39 Å². The monoisotopic (exact) mass is 490 g/mol. The van der Waals surface area contributed by atoms with Gasteiger partial charge in [0.25, 0.3) is 5.56 Å². The Balaban J connectivity index is 1.41. The smallest absolute Gasteiger partial charge is 0.263 e. The normalized spacial score (nSPS) is 13.2. The Morgan fingerprint density at radius 2 is 2.06 bits per heavy atom. The number of pyridine rings is 1. The maximum absolute atomic E-state index is 13.3. The summed E-state index contributed by atoms with van der Waals surface area (Å²) >= 11 is 6.31. The molecular weight excluding hydrogens is 471 g/mol. The van der Waals surface area contributed by atoms with Gasteiger partial charge in [-0.3, -0.25) is 9.36 Å². The van der Waals surface area contributed by atoms with E-state index in [1.807, 2.05) is 0 Å². The molecule has 0 atom stereocenters. The summed E-state index contributed by atoms with van der Waals surface area (Å²) in [5, 5.41) is 7.23. The molecule has 1 aliphatic rings. The first kappa shape index (κ1) is 22.7. The van der Waals surface area contributed by atoms with E-state index in [0.29, 0.717) is 64.9 Å². The maximum atomic E-state index is 13.3. The van der Waals surface area contributed by atoms with Gasteiger partial charge in [-0.05, 0) is 30.2 Å². The number of nitrogens with zero attached hydrogens (tertiary/aromatic N) is 5. The third-order valence-corrected chi connectivity index (χ3v) is 5.95. The first-order chi connectivity index (χ1) is 17.0. The number of anilines is 2. The van der Waals surface area contributed by atoms with E-state index in [-0.39, 0.29) is 17.4 Å². The van der Waals surface area contributed by atoms with E-state index < -0.39 is 5.82 Å². The van der Waals surface area contributed by atoms with Crippen LogP contribution in [-0.4, -0.2) is 44.1 Å². The predicted molar refractivity (Wildman–Crippen MR) is 132 cm³/mol. The number of halogens is 2. The van der Waals surface area contributed by atoms with Gasteiger partial charge in [-0.25, -0.2) is 24.3 Å². The first-order valence-corrected chi connectivity index (χ1v) is 11.3. The summed E-state index contributed by atoms with van der Waals surface area (Å²) in [5.41, 5.74) is 7.23. The molecule has 0 spiro atoms. The Bertz CT molecular complexity index is 1520. The van der Waals surface area contributed by atoms with Gasteiger partial charge < -0.3 is 16.4 Å². The van der Waals surface area contributed by atoms with Crippen molar-refractivity contribution in [2.24, 2.45) is 0 Å². The minimum Gasteiger partial charge on any atom is -0.382 e. The van der Waals surface area contributed by atoms with Crippen molar-refractivity contribution in [3.05, 3.63) is 81.1 Å². The molecule has 4 aromatic rings. The molecule has 1 aliphatic heterocycles. The van der Waals surface area contributed by atoms with Crippen LogP contribution in [0.5, 0.6) is 0 Å². The van der Waals surface area contributed by atoms with Crippen LogP contribution in [0, 0.1) is 17.7 Å². The minimum absolute atomic E-state index is 0.0185. The highest BCUT2D eigenvalue weighted by Gasteiger charge is 2.25. The van der Waals surface area contributed by atoms with Gasteiger partial charge >= 0.3 is 0 Å². The van der Waals surface area contributed by atoms with Crippen molar-refractivity contribution in [2.45, 2.75) is 12.5 Å². The molecule has 0 saturated carbocycles. The summed E-state index contributed by atoms with van der Waals surface area (Å²) in [6, 6.07) is 8.03. The van der Waals surface area contributed by atoms with Crippen molar-refractivity contribution in [1.82, 2.24) is 29.8 Å². The van der Waals surface area contributed by atoms with Crippen LogP contribution >= 0.6 is 11.6 Å². The quantitative estimate of drug-likeness (QED) is 0.364. The molecule has 1 fully saturated rings. The Labute approximate surface area is 204 Å². The van der Waals surface area contributed by atoms with Crippen LogP contribution in [0.2, 0.25) is 5.02 Å². The van der Waals surface area contributed by atoms with Crippen LogP contribution in [0.3, 0.4) is 0 Å². The summed E-state index contributed by atoms with van der Waals surface area (Å²) in [7, 11) is 0. The number of benzene rings is 1. The Hall–Kier alpha value is -4.07. The van der Waals surface area contributed by atoms with Crippen LogP contribution in [-0.2, 0) is 6.42 Å². The molecule has 0 bridgehead atoms. The number of hydrogen-bond donors (Lipinski definition) is 3. The molecule has 4 heterocycles. The molecule has 0 unspecified atom stereocenters. The lowest BCUT2D eigenvalue weighted by molar-refractivity contribution is 0.326. The number of nitrogens with one attached hydrogen (secondary N) is 2. The molecule has 0 radical (unpaired) electrons. The number of aromatic nitrogens is 5. The third kappa shape index (κ3) is 4.64. The van der Waals surface area contributed by atoms with Gasteiger partial charge in [0.2, 0.25) is 0 Å². The molecule has 176 valence electrons. The van der Waals surface area contributed by atoms with E-state index >= 15 is 0 Å². The molecule has 35 heavy (non-hydrogen) atoms. The third-order valence-electron chi connectivity index (χ3n) is 5.64. The highest BCUT2D eigenvalue weighted by Crippen LogP contribution is 2.22. The van der Waals surface area contributed by atoms with Gasteiger partial charge in [-0.2, -0.15) is 0 Å². The van der Waals surface area contributed by atoms with Crippen LogP contribution in [0.25, 0.3) is 10.9 Å². The molecule has 1 aromatic carbocycles. The predicted octanol–water partition coefficient (Wildman–Crippen LogP) is 2.15. The lowest BCUT2D eigenvalue weighted by Crippen LogP contribution is -2.48. The number of fused-ring (bicyclic) bond motifs is 1. The van der Waals surface area contributed by atoms with Gasteiger partial charge in [-0.15, -0.1) is 0 Å². The minimum atomic E-state index is -0.443. The highest BCUT2D eigenvalue weighted by molar-refractivity contribution is 6.35. The standard InChI is InChI=1S/C24H20ClFN8O/c25-18-2-1-3-19-21(18)24(35)34(16-11-28-12-16)20(33-19)8-9-29-23-17(22(27)31-13-32-23)7-6-15-5-4-14(26)10-30-15/h1-5,10,13,16,28H,8-9,11-12H2,(H3,27,29,31,32). The molecular formula is C24H20ClFN8O. The van der Waals surface area contributed by atoms with Crippen LogP contribution in [0.15, 0.2) is 47.7 Å². The van der Waals surface area contributed by atoms with E-state index in [1.54, 1.807) is 22.8 Å². The topological polar surface area (TPSA) is 124 Å². The second kappa shape index (κ2) is 9.66. The van der Waals surface area contributed by atoms with Crippen molar-refractivity contribution in [1.29, 1.82) is 0 Å². The van der Waals surface area contributed by atoms with Crippen LogP contribution in [0.1, 0.15) is 23.1 Å². The van der Waals surface area contributed by atoms with E-state index in [4.69, 9.17) is 22.3 Å². The summed E-state index contributed by atoms with van der Waals surface area (Å²) in [6.45, 7) is 1.80. The molecule has 3 aromatic heterocycles. The zero-order valence-corrected chi connectivity index (χ0v) is 19.2. The number of rotatable bonds is 5. The lowest BCUT2D eigenvalue weighted by Gasteiger charge is -2.31. The molecule has 0 amide bonds. The fourth-order valence-corrected chi connectivity index (χ4v) is 4.03. The van der Waals surface area contributed by atoms with E-state index in [2.05, 4.69) is 37.4 Å². The Morgan fingerprint density at radius 3 is 2.80 bits per heavy atom. The highest BCUT2D eigenvalue weighted by atomic mass is 35.5. The van der Waals surface area contributed by atoms with E-state index in [9.17, 15) is 9.18 Å². The summed E-state index contributed by atoms with van der Waals surface area (Å²) in [4.78, 5) is 30.2. The van der Waals surface area contributed by atoms with Gasteiger partial charge in [0.05, 0.1) is 28.2 Å². The average Bonchev–Trinajstić information content (AvgIpc) is 2.80. The fourth-order valence-electron chi connectivity index (χ4n) is 3.78. The molecule has 1 saturated heterocycles. The second-order valence-corrected chi connectivity index (χ2v) is 8.33. The van der Waals surface area contributed by atoms with Gasteiger partial charge in [0.1, 0.15) is 40.9 Å². The van der Waals surface area contributed by atoms with Crippen molar-refractivity contribution in [2.75, 3.05) is 30.7 Å². The van der Waals surface area contributed by atoms with Crippen LogP contribution < -0.4 is 21.9 Å². The largest absolute Gasteiger partial charge is 0.382 e. The number of nitrogen functional groups attached to an aromatic ring is 1.